The van der Waals surface area contributed by atoms with Crippen molar-refractivity contribution < 1.29 is 4.79 Å². The second kappa shape index (κ2) is 5.67. The first kappa shape index (κ1) is 14.4. The molecule has 1 saturated carbocycles. The summed E-state index contributed by atoms with van der Waals surface area (Å²) >= 11 is 0. The number of amides is 1. The lowest BCUT2D eigenvalue weighted by Crippen LogP contribution is -2.49. The van der Waals surface area contributed by atoms with Crippen LogP contribution in [0.2, 0.25) is 0 Å². The van der Waals surface area contributed by atoms with Gasteiger partial charge in [-0.05, 0) is 63.5 Å². The van der Waals surface area contributed by atoms with Gasteiger partial charge in [-0.3, -0.25) is 9.69 Å². The number of hydrogen-bond acceptors (Lipinski definition) is 2. The molecule has 0 aromatic heterocycles. The highest BCUT2D eigenvalue weighted by Gasteiger charge is 2.45. The summed E-state index contributed by atoms with van der Waals surface area (Å²) in [5, 5.41) is 3.39. The van der Waals surface area contributed by atoms with Crippen molar-refractivity contribution in [3.05, 3.63) is 0 Å². The van der Waals surface area contributed by atoms with E-state index < -0.39 is 0 Å². The molecule has 3 aliphatic rings. The molecule has 114 valence electrons. The molecule has 0 aromatic rings. The Morgan fingerprint density at radius 1 is 1.10 bits per heavy atom. The Morgan fingerprint density at radius 3 is 2.30 bits per heavy atom. The Kier molecular flexibility index (Phi) is 4.07. The molecule has 1 aliphatic carbocycles. The lowest BCUT2D eigenvalue weighted by atomic mass is 9.78. The van der Waals surface area contributed by atoms with Gasteiger partial charge in [-0.1, -0.05) is 20.3 Å². The Bertz CT molecular complexity index is 348. The van der Waals surface area contributed by atoms with E-state index in [1.807, 2.05) is 0 Å². The van der Waals surface area contributed by atoms with Gasteiger partial charge < -0.3 is 5.32 Å². The van der Waals surface area contributed by atoms with Crippen LogP contribution in [0, 0.1) is 11.8 Å². The lowest BCUT2D eigenvalue weighted by molar-refractivity contribution is -0.125. The number of fused-ring (bicyclic) bond motifs is 1. The van der Waals surface area contributed by atoms with E-state index in [0.717, 1.165) is 6.42 Å². The van der Waals surface area contributed by atoms with Crippen LogP contribution in [0.4, 0.5) is 0 Å². The molecule has 1 N–H and O–H groups in total. The fraction of sp³-hybridized carbons (Fsp3) is 0.941. The lowest BCUT2D eigenvalue weighted by Gasteiger charge is -2.37. The van der Waals surface area contributed by atoms with Gasteiger partial charge in [-0.2, -0.15) is 0 Å². The maximum Gasteiger partial charge on any atom is 0.222 e. The Labute approximate surface area is 123 Å². The molecular formula is C17H30N2O. The normalized spacial score (nSPS) is 36.8. The van der Waals surface area contributed by atoms with Crippen LogP contribution >= 0.6 is 0 Å². The zero-order valence-corrected chi connectivity index (χ0v) is 13.2. The molecule has 2 aliphatic heterocycles. The summed E-state index contributed by atoms with van der Waals surface area (Å²) in [6.07, 6.45) is 9.63. The molecule has 3 rings (SSSR count). The van der Waals surface area contributed by atoms with E-state index in [-0.39, 0.29) is 5.54 Å². The highest BCUT2D eigenvalue weighted by molar-refractivity contribution is 5.77. The molecule has 3 nitrogen and oxygen atoms in total. The average Bonchev–Trinajstić information content (AvgIpc) is 2.93. The van der Waals surface area contributed by atoms with Gasteiger partial charge in [0.15, 0.2) is 0 Å². The Balaban J connectivity index is 1.59. The van der Waals surface area contributed by atoms with Gasteiger partial charge in [0, 0.05) is 18.0 Å². The van der Waals surface area contributed by atoms with Crippen LogP contribution < -0.4 is 5.32 Å². The Hall–Kier alpha value is -0.570. The first-order valence-corrected chi connectivity index (χ1v) is 8.65. The van der Waals surface area contributed by atoms with Gasteiger partial charge >= 0.3 is 0 Å². The number of carbonyl (C=O) groups is 1. The molecule has 2 saturated heterocycles. The third-order valence-electron chi connectivity index (χ3n) is 6.17. The van der Waals surface area contributed by atoms with Crippen molar-refractivity contribution in [3.63, 3.8) is 0 Å². The van der Waals surface area contributed by atoms with Crippen LogP contribution in [0.15, 0.2) is 0 Å². The minimum Gasteiger partial charge on any atom is -0.353 e. The molecule has 2 unspecified atom stereocenters. The summed E-state index contributed by atoms with van der Waals surface area (Å²) in [5.41, 5.74) is 0.227. The first-order chi connectivity index (χ1) is 9.61. The number of carbonyl (C=O) groups excluding carboxylic acids is 1. The highest BCUT2D eigenvalue weighted by Crippen LogP contribution is 2.41. The molecule has 3 fully saturated rings. The summed E-state index contributed by atoms with van der Waals surface area (Å²) in [5.74, 6) is 1.59. The van der Waals surface area contributed by atoms with Crippen LogP contribution in [0.5, 0.6) is 0 Å². The molecule has 1 amide bonds. The van der Waals surface area contributed by atoms with E-state index in [1.54, 1.807) is 0 Å². The third-order valence-corrected chi connectivity index (χ3v) is 6.17. The number of nitrogens with one attached hydrogen (secondary N) is 1. The van der Waals surface area contributed by atoms with E-state index in [4.69, 9.17) is 0 Å². The molecule has 0 aromatic carbocycles. The SMILES string of the molecule is CC1CCCC(C)C1NC(=O)CC12CCCN1CCC2. The third kappa shape index (κ3) is 2.61. The maximum absolute atomic E-state index is 12.6. The topological polar surface area (TPSA) is 32.3 Å². The number of hydrogen-bond donors (Lipinski definition) is 1. The van der Waals surface area contributed by atoms with Gasteiger partial charge in [0.25, 0.3) is 0 Å². The predicted molar refractivity (Wildman–Crippen MR) is 81.5 cm³/mol. The smallest absolute Gasteiger partial charge is 0.222 e. The molecule has 0 spiro atoms. The minimum absolute atomic E-state index is 0.227. The number of nitrogens with zero attached hydrogens (tertiary/aromatic N) is 1. The van der Waals surface area contributed by atoms with Crippen LogP contribution in [0.1, 0.15) is 65.2 Å². The average molecular weight is 278 g/mol. The van der Waals surface area contributed by atoms with Crippen LogP contribution in [0.3, 0.4) is 0 Å². The molecule has 20 heavy (non-hydrogen) atoms. The van der Waals surface area contributed by atoms with Crippen molar-refractivity contribution >= 4 is 5.91 Å². The standard InChI is InChI=1S/C17H30N2O/c1-13-6-3-7-14(2)16(13)18-15(20)12-17-8-4-10-19(17)11-5-9-17/h13-14,16H,3-12H2,1-2H3,(H,18,20). The predicted octanol–water partition coefficient (Wildman–Crippen LogP) is 2.95. The number of rotatable bonds is 3. The van der Waals surface area contributed by atoms with Gasteiger partial charge in [0.1, 0.15) is 0 Å². The molecule has 0 radical (unpaired) electrons. The summed E-state index contributed by atoms with van der Waals surface area (Å²) in [6, 6.07) is 0.406. The molecule has 3 heteroatoms. The van der Waals surface area contributed by atoms with Crippen molar-refractivity contribution in [1.82, 2.24) is 10.2 Å². The van der Waals surface area contributed by atoms with Gasteiger partial charge in [-0.25, -0.2) is 0 Å². The largest absolute Gasteiger partial charge is 0.353 e. The maximum atomic E-state index is 12.6. The van der Waals surface area contributed by atoms with E-state index in [9.17, 15) is 4.79 Å². The van der Waals surface area contributed by atoms with Gasteiger partial charge in [0.2, 0.25) is 5.91 Å². The zero-order chi connectivity index (χ0) is 14.2. The van der Waals surface area contributed by atoms with Gasteiger partial charge in [-0.15, -0.1) is 0 Å². The van der Waals surface area contributed by atoms with Crippen LogP contribution in [-0.4, -0.2) is 35.5 Å². The van der Waals surface area contributed by atoms with Crippen LogP contribution in [0.25, 0.3) is 0 Å². The minimum atomic E-state index is 0.227. The fourth-order valence-corrected chi connectivity index (χ4v) is 5.02. The fourth-order valence-electron chi connectivity index (χ4n) is 5.02. The summed E-state index contributed by atoms with van der Waals surface area (Å²) in [7, 11) is 0. The second-order valence-corrected chi connectivity index (χ2v) is 7.57. The zero-order valence-electron chi connectivity index (χ0n) is 13.2. The van der Waals surface area contributed by atoms with Gasteiger partial charge in [0.05, 0.1) is 0 Å². The van der Waals surface area contributed by atoms with E-state index in [1.165, 1.54) is 58.0 Å². The Morgan fingerprint density at radius 2 is 1.70 bits per heavy atom. The summed E-state index contributed by atoms with van der Waals surface area (Å²) in [6.45, 7) is 7.03. The molecule has 2 atom stereocenters. The molecule has 2 heterocycles. The van der Waals surface area contributed by atoms with E-state index >= 15 is 0 Å². The van der Waals surface area contributed by atoms with Crippen molar-refractivity contribution in [2.75, 3.05) is 13.1 Å². The van der Waals surface area contributed by atoms with Crippen LogP contribution in [-0.2, 0) is 4.79 Å². The molecular weight excluding hydrogens is 248 g/mol. The highest BCUT2D eigenvalue weighted by atomic mass is 16.1. The second-order valence-electron chi connectivity index (χ2n) is 7.57. The summed E-state index contributed by atoms with van der Waals surface area (Å²) in [4.78, 5) is 15.1. The van der Waals surface area contributed by atoms with Crippen molar-refractivity contribution in [1.29, 1.82) is 0 Å². The summed E-state index contributed by atoms with van der Waals surface area (Å²) < 4.78 is 0. The molecule has 0 bridgehead atoms. The van der Waals surface area contributed by atoms with Crippen molar-refractivity contribution in [2.45, 2.75) is 76.8 Å². The first-order valence-electron chi connectivity index (χ1n) is 8.65. The van der Waals surface area contributed by atoms with E-state index in [0.29, 0.717) is 23.8 Å². The van der Waals surface area contributed by atoms with Crippen molar-refractivity contribution in [2.24, 2.45) is 11.8 Å². The monoisotopic (exact) mass is 278 g/mol. The quantitative estimate of drug-likeness (QED) is 0.861. The van der Waals surface area contributed by atoms with E-state index in [2.05, 4.69) is 24.1 Å². The van der Waals surface area contributed by atoms with Crippen molar-refractivity contribution in [3.8, 4) is 0 Å².